The highest BCUT2D eigenvalue weighted by atomic mass is 32.2. The molecule has 3 aromatic rings. The minimum absolute atomic E-state index is 0.725. The van der Waals surface area contributed by atoms with Crippen LogP contribution in [0.2, 0.25) is 0 Å². The van der Waals surface area contributed by atoms with Crippen LogP contribution in [-0.2, 0) is 10.8 Å². The van der Waals surface area contributed by atoms with E-state index < -0.39 is 10.8 Å². The van der Waals surface area contributed by atoms with Crippen LogP contribution in [0.3, 0.4) is 0 Å². The van der Waals surface area contributed by atoms with Crippen molar-refractivity contribution in [3.63, 3.8) is 0 Å². The largest absolute Gasteiger partial charge is 0.460 e. The van der Waals surface area contributed by atoms with Crippen molar-refractivity contribution in [3.05, 3.63) is 59.9 Å². The molecule has 96 valence electrons. The van der Waals surface area contributed by atoms with E-state index in [0.29, 0.717) is 0 Å². The van der Waals surface area contributed by atoms with Crippen molar-refractivity contribution < 1.29 is 8.63 Å². The average Bonchev–Trinajstić information content (AvgIpc) is 2.74. The second kappa shape index (κ2) is 4.67. The Morgan fingerprint density at radius 2 is 1.74 bits per heavy atom. The summed E-state index contributed by atoms with van der Waals surface area (Å²) in [7, 11) is -1.20. The number of rotatable bonds is 2. The third kappa shape index (κ3) is 2.10. The van der Waals surface area contributed by atoms with Crippen molar-refractivity contribution >= 4 is 21.8 Å². The first-order valence-electron chi connectivity index (χ1n) is 6.13. The van der Waals surface area contributed by atoms with Gasteiger partial charge in [0.25, 0.3) is 0 Å². The van der Waals surface area contributed by atoms with Crippen molar-refractivity contribution in [1.82, 2.24) is 0 Å². The predicted octanol–water partition coefficient (Wildman–Crippen LogP) is 4.22. The Morgan fingerprint density at radius 3 is 2.47 bits per heavy atom. The van der Waals surface area contributed by atoms with Crippen LogP contribution in [0.25, 0.3) is 11.0 Å². The maximum atomic E-state index is 12.7. The number of aryl methyl sites for hydroxylation is 2. The number of furan rings is 1. The zero-order chi connectivity index (χ0) is 13.4. The molecule has 0 amide bonds. The summed E-state index contributed by atoms with van der Waals surface area (Å²) in [5.41, 5.74) is 1.93. The Morgan fingerprint density at radius 1 is 1.00 bits per heavy atom. The number of fused-ring (bicyclic) bond motifs is 1. The first kappa shape index (κ1) is 12.2. The van der Waals surface area contributed by atoms with E-state index in [0.717, 1.165) is 32.1 Å². The van der Waals surface area contributed by atoms with Gasteiger partial charge in [0.15, 0.2) is 0 Å². The molecular weight excluding hydrogens is 256 g/mol. The van der Waals surface area contributed by atoms with E-state index >= 15 is 0 Å². The molecule has 0 saturated carbocycles. The fraction of sp³-hybridized carbons (Fsp3) is 0.125. The molecule has 1 unspecified atom stereocenters. The van der Waals surface area contributed by atoms with E-state index in [1.54, 1.807) is 0 Å². The van der Waals surface area contributed by atoms with Gasteiger partial charge < -0.3 is 4.42 Å². The number of hydrogen-bond donors (Lipinski definition) is 0. The van der Waals surface area contributed by atoms with Crippen LogP contribution >= 0.6 is 0 Å². The quantitative estimate of drug-likeness (QED) is 0.698. The lowest BCUT2D eigenvalue weighted by Crippen LogP contribution is -1.93. The Hall–Kier alpha value is -1.87. The minimum Gasteiger partial charge on any atom is -0.460 e. The lowest BCUT2D eigenvalue weighted by atomic mass is 10.2. The second-order valence-corrected chi connectivity index (χ2v) is 5.99. The third-order valence-corrected chi connectivity index (χ3v) is 4.68. The molecule has 19 heavy (non-hydrogen) atoms. The molecule has 3 rings (SSSR count). The van der Waals surface area contributed by atoms with E-state index in [2.05, 4.69) is 0 Å². The van der Waals surface area contributed by atoms with E-state index in [1.165, 1.54) is 0 Å². The SMILES string of the molecule is Cc1ccc2oc(C)c(S(=O)c3ccccc3)c2c1. The molecule has 0 N–H and O–H groups in total. The predicted molar refractivity (Wildman–Crippen MR) is 76.8 cm³/mol. The smallest absolute Gasteiger partial charge is 0.135 e. The summed E-state index contributed by atoms with van der Waals surface area (Å²) in [5, 5.41) is 0.944. The van der Waals surface area contributed by atoms with Crippen LogP contribution in [-0.4, -0.2) is 4.21 Å². The molecule has 0 bridgehead atoms. The van der Waals surface area contributed by atoms with Crippen molar-refractivity contribution in [2.24, 2.45) is 0 Å². The first-order chi connectivity index (χ1) is 9.16. The summed E-state index contributed by atoms with van der Waals surface area (Å²) in [4.78, 5) is 1.58. The summed E-state index contributed by atoms with van der Waals surface area (Å²) >= 11 is 0. The van der Waals surface area contributed by atoms with Gasteiger partial charge in [0.1, 0.15) is 11.3 Å². The van der Waals surface area contributed by atoms with Crippen molar-refractivity contribution in [1.29, 1.82) is 0 Å². The average molecular weight is 270 g/mol. The van der Waals surface area contributed by atoms with Gasteiger partial charge in [0, 0.05) is 10.3 Å². The standard InChI is InChI=1S/C16H14O2S/c1-11-8-9-15-14(10-11)16(12(2)18-15)19(17)13-6-4-3-5-7-13/h3-10H,1-2H3. The van der Waals surface area contributed by atoms with Crippen molar-refractivity contribution in [3.8, 4) is 0 Å². The fourth-order valence-corrected chi connectivity index (χ4v) is 3.51. The molecule has 1 atom stereocenters. The maximum absolute atomic E-state index is 12.7. The molecule has 2 nitrogen and oxygen atoms in total. The van der Waals surface area contributed by atoms with E-state index in [1.807, 2.05) is 62.4 Å². The zero-order valence-electron chi connectivity index (χ0n) is 10.8. The fourth-order valence-electron chi connectivity index (χ4n) is 2.20. The lowest BCUT2D eigenvalue weighted by Gasteiger charge is -2.01. The topological polar surface area (TPSA) is 30.2 Å². The van der Waals surface area contributed by atoms with Gasteiger partial charge in [0.05, 0.1) is 15.7 Å². The van der Waals surface area contributed by atoms with E-state index in [-0.39, 0.29) is 0 Å². The van der Waals surface area contributed by atoms with Gasteiger partial charge in [-0.05, 0) is 38.1 Å². The second-order valence-electron chi connectivity index (χ2n) is 4.57. The molecule has 0 fully saturated rings. The van der Waals surface area contributed by atoms with Gasteiger partial charge in [-0.15, -0.1) is 0 Å². The van der Waals surface area contributed by atoms with Crippen LogP contribution < -0.4 is 0 Å². The Kier molecular flexibility index (Phi) is 2.99. The van der Waals surface area contributed by atoms with Crippen LogP contribution in [0.5, 0.6) is 0 Å². The van der Waals surface area contributed by atoms with Gasteiger partial charge in [-0.3, -0.25) is 0 Å². The highest BCUT2D eigenvalue weighted by Gasteiger charge is 2.18. The Labute approximate surface area is 114 Å². The van der Waals surface area contributed by atoms with Gasteiger partial charge in [-0.1, -0.05) is 29.8 Å². The third-order valence-electron chi connectivity index (χ3n) is 3.11. The molecular formula is C16H14O2S. The summed E-state index contributed by atoms with van der Waals surface area (Å²) in [6.45, 7) is 3.89. The molecule has 2 aromatic carbocycles. The summed E-state index contributed by atoms with van der Waals surface area (Å²) in [6.07, 6.45) is 0. The molecule has 3 heteroatoms. The van der Waals surface area contributed by atoms with Crippen LogP contribution in [0.15, 0.2) is 62.7 Å². The molecule has 0 aliphatic rings. The Bertz CT molecular complexity index is 757. The summed E-state index contributed by atoms with van der Waals surface area (Å²) < 4.78 is 18.4. The molecule has 0 aliphatic carbocycles. The van der Waals surface area contributed by atoms with Gasteiger partial charge in [-0.2, -0.15) is 0 Å². The monoisotopic (exact) mass is 270 g/mol. The molecule has 0 saturated heterocycles. The van der Waals surface area contributed by atoms with Gasteiger partial charge >= 0.3 is 0 Å². The summed E-state index contributed by atoms with van der Waals surface area (Å²) in [6, 6.07) is 15.4. The highest BCUT2D eigenvalue weighted by molar-refractivity contribution is 7.85. The molecule has 1 aromatic heterocycles. The first-order valence-corrected chi connectivity index (χ1v) is 7.28. The molecule has 0 aliphatic heterocycles. The van der Waals surface area contributed by atoms with Crippen molar-refractivity contribution in [2.45, 2.75) is 23.6 Å². The van der Waals surface area contributed by atoms with Crippen LogP contribution in [0, 0.1) is 13.8 Å². The van der Waals surface area contributed by atoms with Crippen LogP contribution in [0.1, 0.15) is 11.3 Å². The summed E-state index contributed by atoms with van der Waals surface area (Å²) in [5.74, 6) is 0.725. The lowest BCUT2D eigenvalue weighted by molar-refractivity contribution is 0.566. The number of hydrogen-bond acceptors (Lipinski definition) is 2. The Balaban J connectivity index is 2.22. The van der Waals surface area contributed by atoms with Crippen molar-refractivity contribution in [2.75, 3.05) is 0 Å². The van der Waals surface area contributed by atoms with Gasteiger partial charge in [-0.25, -0.2) is 4.21 Å². The zero-order valence-corrected chi connectivity index (χ0v) is 11.7. The molecule has 0 spiro atoms. The van der Waals surface area contributed by atoms with Gasteiger partial charge in [0.2, 0.25) is 0 Å². The van der Waals surface area contributed by atoms with E-state index in [9.17, 15) is 4.21 Å². The molecule has 0 radical (unpaired) electrons. The maximum Gasteiger partial charge on any atom is 0.135 e. The number of benzene rings is 2. The van der Waals surface area contributed by atoms with E-state index in [4.69, 9.17) is 4.42 Å². The normalized spacial score (nSPS) is 12.7. The molecule has 1 heterocycles. The highest BCUT2D eigenvalue weighted by Crippen LogP contribution is 2.31. The van der Waals surface area contributed by atoms with Crippen LogP contribution in [0.4, 0.5) is 0 Å². The minimum atomic E-state index is -1.20.